The van der Waals surface area contributed by atoms with Gasteiger partial charge in [-0.1, -0.05) is 54.4 Å². The lowest BCUT2D eigenvalue weighted by Crippen LogP contribution is -2.43. The van der Waals surface area contributed by atoms with Crippen molar-refractivity contribution in [3.05, 3.63) is 74.1 Å². The Morgan fingerprint density at radius 3 is 2.31 bits per heavy atom. The van der Waals surface area contributed by atoms with Gasteiger partial charge in [-0.3, -0.25) is 25.2 Å². The number of benzene rings is 2. The number of halogens is 2. The number of nitrogens with one attached hydrogen (secondary N) is 2. The van der Waals surface area contributed by atoms with Gasteiger partial charge in [0.1, 0.15) is 0 Å². The molecule has 3 rings (SSSR count). The van der Waals surface area contributed by atoms with Crippen LogP contribution in [0.1, 0.15) is 29.4 Å². The van der Waals surface area contributed by atoms with Gasteiger partial charge < -0.3 is 0 Å². The molecule has 0 bridgehead atoms. The number of fused-ring (bicyclic) bond motifs is 1. The van der Waals surface area contributed by atoms with Gasteiger partial charge in [0.25, 0.3) is 11.5 Å². The highest BCUT2D eigenvalue weighted by molar-refractivity contribution is 6.36. The molecule has 0 atom stereocenters. The predicted molar refractivity (Wildman–Crippen MR) is 112 cm³/mol. The van der Waals surface area contributed by atoms with Crippen LogP contribution in [0.3, 0.4) is 0 Å². The Morgan fingerprint density at radius 2 is 1.66 bits per heavy atom. The number of hydrogen-bond acceptors (Lipinski definition) is 4. The summed E-state index contributed by atoms with van der Waals surface area (Å²) in [5.41, 5.74) is 4.91. The van der Waals surface area contributed by atoms with Gasteiger partial charge in [0.15, 0.2) is 5.69 Å². The lowest BCUT2D eigenvalue weighted by Gasteiger charge is -2.12. The summed E-state index contributed by atoms with van der Waals surface area (Å²) in [6, 6.07) is 11.6. The molecule has 0 spiro atoms. The van der Waals surface area contributed by atoms with E-state index in [1.54, 1.807) is 42.5 Å². The van der Waals surface area contributed by atoms with Gasteiger partial charge in [0.2, 0.25) is 5.91 Å². The number of amides is 2. The molecule has 0 aliphatic rings. The van der Waals surface area contributed by atoms with E-state index in [4.69, 9.17) is 23.2 Å². The largest absolute Gasteiger partial charge is 0.290 e. The maximum Gasteiger partial charge on any atom is 0.290 e. The molecule has 29 heavy (non-hydrogen) atoms. The molecule has 0 radical (unpaired) electrons. The summed E-state index contributed by atoms with van der Waals surface area (Å²) in [7, 11) is 0. The van der Waals surface area contributed by atoms with E-state index in [-0.39, 0.29) is 17.7 Å². The molecular formula is C20H18Cl2N4O3. The second-order valence-corrected chi connectivity index (χ2v) is 7.12. The average molecular weight is 433 g/mol. The highest BCUT2D eigenvalue weighted by Gasteiger charge is 2.18. The normalized spacial score (nSPS) is 10.7. The van der Waals surface area contributed by atoms with Crippen molar-refractivity contribution in [3.8, 4) is 0 Å². The molecule has 0 saturated carbocycles. The SMILES string of the molecule is CCCn1nc(C(=O)NNC(=O)Cc2c(Cl)cccc2Cl)c2ccccc2c1=O. The Hall–Kier alpha value is -2.90. The van der Waals surface area contributed by atoms with Crippen LogP contribution in [-0.2, 0) is 17.8 Å². The third-order valence-corrected chi connectivity index (χ3v) is 4.94. The van der Waals surface area contributed by atoms with Crippen molar-refractivity contribution in [1.82, 2.24) is 20.6 Å². The quantitative estimate of drug-likeness (QED) is 0.605. The lowest BCUT2D eigenvalue weighted by atomic mass is 10.1. The summed E-state index contributed by atoms with van der Waals surface area (Å²) in [6.07, 6.45) is 0.573. The Balaban J connectivity index is 1.80. The summed E-state index contributed by atoms with van der Waals surface area (Å²) < 4.78 is 1.25. The number of nitrogens with zero attached hydrogens (tertiary/aromatic N) is 2. The van der Waals surface area contributed by atoms with Gasteiger partial charge in [0, 0.05) is 22.0 Å². The van der Waals surface area contributed by atoms with Crippen molar-refractivity contribution in [2.45, 2.75) is 26.3 Å². The smallest absolute Gasteiger partial charge is 0.273 e. The molecule has 150 valence electrons. The molecular weight excluding hydrogens is 415 g/mol. The predicted octanol–water partition coefficient (Wildman–Crippen LogP) is 3.12. The van der Waals surface area contributed by atoms with E-state index in [0.29, 0.717) is 39.3 Å². The van der Waals surface area contributed by atoms with E-state index in [0.717, 1.165) is 0 Å². The molecule has 7 nitrogen and oxygen atoms in total. The molecule has 0 saturated heterocycles. The zero-order valence-electron chi connectivity index (χ0n) is 15.5. The summed E-state index contributed by atoms with van der Waals surface area (Å²) >= 11 is 12.1. The summed E-state index contributed by atoms with van der Waals surface area (Å²) in [4.78, 5) is 37.4. The van der Waals surface area contributed by atoms with Crippen molar-refractivity contribution in [1.29, 1.82) is 0 Å². The fourth-order valence-electron chi connectivity index (χ4n) is 2.86. The zero-order chi connectivity index (χ0) is 21.0. The fraction of sp³-hybridized carbons (Fsp3) is 0.200. The maximum absolute atomic E-state index is 12.7. The number of aromatic nitrogens is 2. The summed E-state index contributed by atoms with van der Waals surface area (Å²) in [6.45, 7) is 2.28. The van der Waals surface area contributed by atoms with Gasteiger partial charge in [-0.2, -0.15) is 5.10 Å². The van der Waals surface area contributed by atoms with Gasteiger partial charge in [0.05, 0.1) is 11.8 Å². The first-order valence-corrected chi connectivity index (χ1v) is 9.70. The highest BCUT2D eigenvalue weighted by atomic mass is 35.5. The van der Waals surface area contributed by atoms with Crippen LogP contribution in [0.15, 0.2) is 47.3 Å². The maximum atomic E-state index is 12.7. The molecule has 2 amide bonds. The zero-order valence-corrected chi connectivity index (χ0v) is 17.0. The topological polar surface area (TPSA) is 93.1 Å². The Labute approximate surface area is 176 Å². The van der Waals surface area contributed by atoms with Gasteiger partial charge in [-0.15, -0.1) is 0 Å². The van der Waals surface area contributed by atoms with E-state index in [2.05, 4.69) is 16.0 Å². The van der Waals surface area contributed by atoms with E-state index < -0.39 is 11.8 Å². The van der Waals surface area contributed by atoms with Gasteiger partial charge >= 0.3 is 0 Å². The number of aryl methyl sites for hydroxylation is 1. The minimum atomic E-state index is -0.635. The molecule has 0 unspecified atom stereocenters. The van der Waals surface area contributed by atoms with E-state index in [1.165, 1.54) is 4.68 Å². The molecule has 0 aliphatic heterocycles. The molecule has 0 aliphatic carbocycles. The summed E-state index contributed by atoms with van der Waals surface area (Å²) in [5, 5.41) is 5.69. The monoisotopic (exact) mass is 432 g/mol. The lowest BCUT2D eigenvalue weighted by molar-refractivity contribution is -0.121. The number of rotatable bonds is 5. The molecule has 9 heteroatoms. The Morgan fingerprint density at radius 1 is 1.00 bits per heavy atom. The number of carbonyl (C=O) groups is 2. The molecule has 1 heterocycles. The first-order chi connectivity index (χ1) is 13.9. The third kappa shape index (κ3) is 4.58. The minimum Gasteiger partial charge on any atom is -0.273 e. The van der Waals surface area contributed by atoms with Crippen molar-refractivity contribution in [3.63, 3.8) is 0 Å². The van der Waals surface area contributed by atoms with Crippen molar-refractivity contribution < 1.29 is 9.59 Å². The second kappa shape index (κ2) is 9.07. The van der Waals surface area contributed by atoms with Gasteiger partial charge in [-0.25, -0.2) is 4.68 Å². The van der Waals surface area contributed by atoms with Crippen molar-refractivity contribution >= 4 is 45.8 Å². The van der Waals surface area contributed by atoms with Crippen LogP contribution in [0, 0.1) is 0 Å². The van der Waals surface area contributed by atoms with Crippen molar-refractivity contribution in [2.24, 2.45) is 0 Å². The van der Waals surface area contributed by atoms with E-state index in [1.807, 2.05) is 6.92 Å². The van der Waals surface area contributed by atoms with E-state index in [9.17, 15) is 14.4 Å². The number of carbonyl (C=O) groups excluding carboxylic acids is 2. The number of hydrogen-bond donors (Lipinski definition) is 2. The average Bonchev–Trinajstić information content (AvgIpc) is 2.71. The van der Waals surface area contributed by atoms with Crippen LogP contribution in [-0.4, -0.2) is 21.6 Å². The standard InChI is InChI=1S/C20H18Cl2N4O3/c1-2-10-26-20(29)13-7-4-3-6-12(13)18(25-26)19(28)24-23-17(27)11-14-15(21)8-5-9-16(14)22/h3-9H,2,10-11H2,1H3,(H,23,27)(H,24,28). The van der Waals surface area contributed by atoms with Crippen LogP contribution in [0.25, 0.3) is 10.8 Å². The molecule has 2 aromatic carbocycles. The Bertz CT molecular complexity index is 1120. The molecule has 0 fully saturated rings. The first-order valence-electron chi connectivity index (χ1n) is 8.94. The molecule has 1 aromatic heterocycles. The van der Waals surface area contributed by atoms with Crippen LogP contribution in [0.5, 0.6) is 0 Å². The van der Waals surface area contributed by atoms with Gasteiger partial charge in [-0.05, 0) is 30.2 Å². The minimum absolute atomic E-state index is 0.0460. The highest BCUT2D eigenvalue weighted by Crippen LogP contribution is 2.24. The fourth-order valence-corrected chi connectivity index (χ4v) is 3.39. The first kappa shape index (κ1) is 20.8. The van der Waals surface area contributed by atoms with Crippen molar-refractivity contribution in [2.75, 3.05) is 0 Å². The van der Waals surface area contributed by atoms with Crippen LogP contribution in [0.4, 0.5) is 0 Å². The van der Waals surface area contributed by atoms with Crippen LogP contribution in [0.2, 0.25) is 10.0 Å². The second-order valence-electron chi connectivity index (χ2n) is 6.30. The van der Waals surface area contributed by atoms with Crippen LogP contribution >= 0.6 is 23.2 Å². The summed E-state index contributed by atoms with van der Waals surface area (Å²) in [5.74, 6) is -1.14. The molecule has 2 N–H and O–H groups in total. The van der Waals surface area contributed by atoms with Crippen LogP contribution < -0.4 is 16.4 Å². The third-order valence-electron chi connectivity index (χ3n) is 4.23. The number of hydrazine groups is 1. The van der Waals surface area contributed by atoms with E-state index >= 15 is 0 Å². The Kier molecular flexibility index (Phi) is 6.51. The molecule has 3 aromatic rings.